The van der Waals surface area contributed by atoms with Gasteiger partial charge < -0.3 is 15.4 Å². The van der Waals surface area contributed by atoms with Gasteiger partial charge in [0, 0.05) is 0 Å². The molecule has 1 atom stereocenters. The van der Waals surface area contributed by atoms with Crippen LogP contribution < -0.4 is 19.7 Å². The predicted molar refractivity (Wildman–Crippen MR) is 171 cm³/mol. The number of nitrogens with one attached hydrogen (secondary N) is 2. The molecule has 0 bridgehead atoms. The number of para-hydroxylation sites is 2. The van der Waals surface area contributed by atoms with Crippen molar-refractivity contribution in [1.82, 2.24) is 5.32 Å². The van der Waals surface area contributed by atoms with E-state index in [1.807, 2.05) is 67.6 Å². The van der Waals surface area contributed by atoms with Crippen LogP contribution in [0.5, 0.6) is 11.5 Å². The molecule has 5 aromatic rings. The van der Waals surface area contributed by atoms with Crippen molar-refractivity contribution in [2.24, 2.45) is 0 Å². The zero-order chi connectivity index (χ0) is 30.9. The second kappa shape index (κ2) is 13.7. The summed E-state index contributed by atoms with van der Waals surface area (Å²) >= 11 is 0. The van der Waals surface area contributed by atoms with Gasteiger partial charge in [-0.25, -0.2) is 8.42 Å². The molecule has 2 N–H and O–H groups in total. The third-order valence-corrected chi connectivity index (χ3v) is 8.60. The normalized spacial score (nSPS) is 11.7. The van der Waals surface area contributed by atoms with Gasteiger partial charge in [-0.3, -0.25) is 13.9 Å². The first-order valence-corrected chi connectivity index (χ1v) is 15.4. The summed E-state index contributed by atoms with van der Waals surface area (Å²) in [6.07, 6.45) is 0. The maximum absolute atomic E-state index is 13.8. The number of nitrogens with zero attached hydrogens (tertiary/aromatic N) is 1. The first-order chi connectivity index (χ1) is 21.3. The number of ether oxygens (including phenoxy) is 1. The number of carbonyl (C=O) groups is 2. The van der Waals surface area contributed by atoms with Crippen molar-refractivity contribution in [3.63, 3.8) is 0 Å². The number of rotatable bonds is 11. The number of benzene rings is 5. The Bertz CT molecular complexity index is 1820. The Morgan fingerprint density at radius 2 is 1.25 bits per heavy atom. The fourth-order valence-corrected chi connectivity index (χ4v) is 5.99. The minimum Gasteiger partial charge on any atom is -0.457 e. The van der Waals surface area contributed by atoms with Crippen LogP contribution in [-0.2, 0) is 14.8 Å². The molecule has 5 aromatic carbocycles. The van der Waals surface area contributed by atoms with E-state index in [1.54, 1.807) is 66.7 Å². The smallest absolute Gasteiger partial charge is 0.264 e. The highest BCUT2D eigenvalue weighted by atomic mass is 32.2. The molecule has 2 amide bonds. The Balaban J connectivity index is 1.37. The van der Waals surface area contributed by atoms with E-state index in [9.17, 15) is 18.0 Å². The van der Waals surface area contributed by atoms with Gasteiger partial charge in [-0.2, -0.15) is 0 Å². The highest BCUT2D eigenvalue weighted by Crippen LogP contribution is 2.28. The van der Waals surface area contributed by atoms with Gasteiger partial charge in [0.25, 0.3) is 15.9 Å². The maximum Gasteiger partial charge on any atom is 0.264 e. The van der Waals surface area contributed by atoms with E-state index < -0.39 is 22.5 Å². The molecule has 9 heteroatoms. The van der Waals surface area contributed by atoms with E-state index >= 15 is 0 Å². The third-order valence-electron chi connectivity index (χ3n) is 6.81. The molecule has 0 aromatic heterocycles. The lowest BCUT2D eigenvalue weighted by Crippen LogP contribution is -2.38. The van der Waals surface area contributed by atoms with E-state index in [0.717, 1.165) is 9.87 Å². The summed E-state index contributed by atoms with van der Waals surface area (Å²) in [6, 6.07) is 39.4. The molecule has 0 aliphatic rings. The SMILES string of the molecule is CC(NC(=O)c1ccccc1NC(=O)CN(c1ccc(Oc2ccccc2)cc1)S(=O)(=O)c1ccccc1)c1ccccc1. The van der Waals surface area contributed by atoms with Crippen LogP contribution in [0.25, 0.3) is 0 Å². The molecular weight excluding hydrogens is 574 g/mol. The summed E-state index contributed by atoms with van der Waals surface area (Å²) in [4.78, 5) is 26.7. The Morgan fingerprint density at radius 1 is 0.705 bits per heavy atom. The van der Waals surface area contributed by atoms with E-state index in [0.29, 0.717) is 11.5 Å². The van der Waals surface area contributed by atoms with Crippen LogP contribution in [0.2, 0.25) is 0 Å². The molecular formula is C35H31N3O5S. The van der Waals surface area contributed by atoms with Crippen LogP contribution in [-0.4, -0.2) is 26.8 Å². The molecule has 0 aliphatic carbocycles. The third kappa shape index (κ3) is 7.32. The van der Waals surface area contributed by atoms with Gasteiger partial charge in [0.05, 0.1) is 27.9 Å². The Labute approximate surface area is 257 Å². The van der Waals surface area contributed by atoms with Gasteiger partial charge in [-0.1, -0.05) is 78.9 Å². The van der Waals surface area contributed by atoms with Gasteiger partial charge in [-0.15, -0.1) is 0 Å². The second-order valence-electron chi connectivity index (χ2n) is 9.93. The fourth-order valence-electron chi connectivity index (χ4n) is 4.55. The number of hydrogen-bond acceptors (Lipinski definition) is 5. The van der Waals surface area contributed by atoms with Crippen molar-refractivity contribution in [1.29, 1.82) is 0 Å². The summed E-state index contributed by atoms with van der Waals surface area (Å²) in [6.45, 7) is 1.34. The van der Waals surface area contributed by atoms with Crippen molar-refractivity contribution in [3.05, 3.63) is 151 Å². The molecule has 0 saturated heterocycles. The minimum atomic E-state index is -4.13. The summed E-state index contributed by atoms with van der Waals surface area (Å²) in [5.74, 6) is 0.144. The average Bonchev–Trinajstić information content (AvgIpc) is 3.05. The summed E-state index contributed by atoms with van der Waals surface area (Å²) in [5, 5.41) is 5.69. The lowest BCUT2D eigenvalue weighted by atomic mass is 10.1. The largest absolute Gasteiger partial charge is 0.457 e. The molecule has 5 rings (SSSR count). The van der Waals surface area contributed by atoms with E-state index in [1.165, 1.54) is 12.1 Å². The first kappa shape index (κ1) is 30.1. The number of anilines is 2. The molecule has 0 aliphatic heterocycles. The molecule has 222 valence electrons. The molecule has 0 radical (unpaired) electrons. The number of sulfonamides is 1. The van der Waals surface area contributed by atoms with Gasteiger partial charge in [0.1, 0.15) is 18.0 Å². The van der Waals surface area contributed by atoms with Crippen LogP contribution in [0.1, 0.15) is 28.9 Å². The van der Waals surface area contributed by atoms with E-state index in [-0.39, 0.29) is 33.8 Å². The molecule has 8 nitrogen and oxygen atoms in total. The van der Waals surface area contributed by atoms with Crippen molar-refractivity contribution in [3.8, 4) is 11.5 Å². The lowest BCUT2D eigenvalue weighted by molar-refractivity contribution is -0.114. The van der Waals surface area contributed by atoms with Crippen LogP contribution in [0.3, 0.4) is 0 Å². The summed E-state index contributed by atoms with van der Waals surface area (Å²) in [7, 11) is -4.13. The molecule has 1 unspecified atom stereocenters. The monoisotopic (exact) mass is 605 g/mol. The van der Waals surface area contributed by atoms with Crippen molar-refractivity contribution >= 4 is 33.2 Å². The first-order valence-electron chi connectivity index (χ1n) is 14.0. The maximum atomic E-state index is 13.8. The van der Waals surface area contributed by atoms with Gasteiger partial charge in [0.2, 0.25) is 5.91 Å². The standard InChI is InChI=1S/C35H31N3O5S/c1-26(27-13-5-2-6-14-27)36-35(40)32-19-11-12-20-33(32)37-34(39)25-38(44(41,42)31-17-9-4-10-18-31)28-21-23-30(24-22-28)43-29-15-7-3-8-16-29/h2-24,26H,25H2,1H3,(H,36,40)(H,37,39). The fraction of sp³-hybridized carbons (Fsp3) is 0.0857. The van der Waals surface area contributed by atoms with E-state index in [2.05, 4.69) is 10.6 Å². The average molecular weight is 606 g/mol. The van der Waals surface area contributed by atoms with Gasteiger partial charge in [-0.05, 0) is 73.2 Å². The summed E-state index contributed by atoms with van der Waals surface area (Å²) in [5.41, 5.74) is 1.72. The van der Waals surface area contributed by atoms with Crippen molar-refractivity contribution in [2.75, 3.05) is 16.2 Å². The summed E-state index contributed by atoms with van der Waals surface area (Å²) < 4.78 is 34.4. The number of hydrogen-bond donors (Lipinski definition) is 2. The zero-order valence-electron chi connectivity index (χ0n) is 24.0. The Hall–Kier alpha value is -5.41. The highest BCUT2D eigenvalue weighted by Gasteiger charge is 2.28. The van der Waals surface area contributed by atoms with Crippen molar-refractivity contribution in [2.45, 2.75) is 17.9 Å². The molecule has 0 saturated carbocycles. The number of carbonyl (C=O) groups excluding carboxylic acids is 2. The van der Waals surface area contributed by atoms with Crippen LogP contribution in [0.4, 0.5) is 11.4 Å². The minimum absolute atomic E-state index is 0.0343. The zero-order valence-corrected chi connectivity index (χ0v) is 24.8. The van der Waals surface area contributed by atoms with Crippen LogP contribution in [0, 0.1) is 0 Å². The number of amides is 2. The Morgan fingerprint density at radius 3 is 1.91 bits per heavy atom. The second-order valence-corrected chi connectivity index (χ2v) is 11.8. The molecule has 44 heavy (non-hydrogen) atoms. The van der Waals surface area contributed by atoms with Crippen LogP contribution in [0.15, 0.2) is 144 Å². The predicted octanol–water partition coefficient (Wildman–Crippen LogP) is 6.80. The topological polar surface area (TPSA) is 105 Å². The molecule has 0 spiro atoms. The van der Waals surface area contributed by atoms with Gasteiger partial charge >= 0.3 is 0 Å². The highest BCUT2D eigenvalue weighted by molar-refractivity contribution is 7.92. The van der Waals surface area contributed by atoms with Gasteiger partial charge in [0.15, 0.2) is 0 Å². The quantitative estimate of drug-likeness (QED) is 0.172. The Kier molecular flexibility index (Phi) is 9.37. The lowest BCUT2D eigenvalue weighted by Gasteiger charge is -2.24. The van der Waals surface area contributed by atoms with Crippen molar-refractivity contribution < 1.29 is 22.7 Å². The van der Waals surface area contributed by atoms with Crippen LogP contribution >= 0.6 is 0 Å². The molecule has 0 fully saturated rings. The molecule has 0 heterocycles. The van der Waals surface area contributed by atoms with E-state index in [4.69, 9.17) is 4.74 Å².